The molecular weight excluding hydrogens is 398 g/mol. The van der Waals surface area contributed by atoms with E-state index in [-0.39, 0.29) is 37.6 Å². The molecule has 0 fully saturated rings. The molecule has 30 heavy (non-hydrogen) atoms. The van der Waals surface area contributed by atoms with Gasteiger partial charge in [-0.3, -0.25) is 9.59 Å². The number of hydrogen-bond acceptors (Lipinski definition) is 9. The largest absolute Gasteiger partial charge is 0.394 e. The Bertz CT molecular complexity index is 620. The molecule has 2 N–H and O–H groups in total. The van der Waals surface area contributed by atoms with E-state index < -0.39 is 18.0 Å². The molecule has 1 heterocycles. The number of amides is 2. The fourth-order valence-electron chi connectivity index (χ4n) is 2.69. The first-order valence-corrected chi connectivity index (χ1v) is 9.81. The van der Waals surface area contributed by atoms with Crippen molar-refractivity contribution < 1.29 is 43.5 Å². The lowest BCUT2D eigenvalue weighted by atomic mass is 10.1. The third-order valence-electron chi connectivity index (χ3n) is 4.11. The van der Waals surface area contributed by atoms with E-state index >= 15 is 0 Å². The van der Waals surface area contributed by atoms with Gasteiger partial charge in [0.25, 0.3) is 11.8 Å². The first-order valence-electron chi connectivity index (χ1n) is 9.81. The Kier molecular flexibility index (Phi) is 11.5. The van der Waals surface area contributed by atoms with E-state index in [1.54, 1.807) is 24.3 Å². The summed E-state index contributed by atoms with van der Waals surface area (Å²) in [6.45, 7) is 3.16. The Labute approximate surface area is 175 Å². The van der Waals surface area contributed by atoms with Crippen molar-refractivity contribution in [1.82, 2.24) is 4.90 Å². The van der Waals surface area contributed by atoms with E-state index in [1.165, 1.54) is 0 Å². The number of carbonyl (C=O) groups is 2. The number of ether oxygens (including phenoxy) is 5. The van der Waals surface area contributed by atoms with E-state index in [2.05, 4.69) is 0 Å². The summed E-state index contributed by atoms with van der Waals surface area (Å²) >= 11 is 0. The number of benzene rings is 1. The molecule has 2 rings (SSSR count). The molecule has 0 aliphatic carbocycles. The smallest absolute Gasteiger partial charge is 0.263 e. The fourth-order valence-corrected chi connectivity index (χ4v) is 2.69. The average molecular weight is 427 g/mol. The minimum atomic E-state index is -1.35. The topological polar surface area (TPSA) is 124 Å². The molecule has 0 saturated carbocycles. The van der Waals surface area contributed by atoms with Gasteiger partial charge < -0.3 is 33.9 Å². The first-order chi connectivity index (χ1) is 14.7. The minimum absolute atomic E-state index is 0.00131. The number of hydrogen-bond donors (Lipinski definition) is 2. The third kappa shape index (κ3) is 7.73. The summed E-state index contributed by atoms with van der Waals surface area (Å²) in [6.07, 6.45) is -1.35. The molecule has 168 valence electrons. The summed E-state index contributed by atoms with van der Waals surface area (Å²) in [7, 11) is 0. The van der Waals surface area contributed by atoms with Crippen LogP contribution in [0.25, 0.3) is 0 Å². The van der Waals surface area contributed by atoms with Crippen molar-refractivity contribution in [2.45, 2.75) is 6.23 Å². The van der Waals surface area contributed by atoms with Gasteiger partial charge in [0.2, 0.25) is 0 Å². The van der Waals surface area contributed by atoms with Crippen LogP contribution in [0.3, 0.4) is 0 Å². The lowest BCUT2D eigenvalue weighted by Crippen LogP contribution is -2.42. The lowest BCUT2D eigenvalue weighted by Gasteiger charge is -2.21. The predicted molar refractivity (Wildman–Crippen MR) is 104 cm³/mol. The molecule has 2 amide bonds. The van der Waals surface area contributed by atoms with Crippen LogP contribution in [-0.2, 0) is 23.7 Å². The zero-order chi connectivity index (χ0) is 21.6. The van der Waals surface area contributed by atoms with Crippen LogP contribution in [0.1, 0.15) is 20.7 Å². The Morgan fingerprint density at radius 1 is 0.700 bits per heavy atom. The highest BCUT2D eigenvalue weighted by molar-refractivity contribution is 6.21. The Morgan fingerprint density at radius 3 is 1.53 bits per heavy atom. The molecule has 0 aromatic heterocycles. The number of aliphatic hydroxyl groups is 2. The van der Waals surface area contributed by atoms with Crippen LogP contribution in [0.15, 0.2) is 24.3 Å². The van der Waals surface area contributed by atoms with Gasteiger partial charge in [0.1, 0.15) is 0 Å². The van der Waals surface area contributed by atoms with Crippen LogP contribution in [-0.4, -0.2) is 106 Å². The summed E-state index contributed by atoms with van der Waals surface area (Å²) in [5.41, 5.74) is 0.565. The second-order valence-corrected chi connectivity index (χ2v) is 6.25. The summed E-state index contributed by atoms with van der Waals surface area (Å²) in [5, 5.41) is 18.7. The number of rotatable bonds is 17. The molecule has 1 aliphatic rings. The zero-order valence-corrected chi connectivity index (χ0v) is 16.9. The van der Waals surface area contributed by atoms with Crippen molar-refractivity contribution in [2.24, 2.45) is 0 Å². The van der Waals surface area contributed by atoms with Crippen LogP contribution < -0.4 is 0 Å². The maximum atomic E-state index is 12.2. The molecule has 10 nitrogen and oxygen atoms in total. The number of fused-ring (bicyclic) bond motifs is 1. The average Bonchev–Trinajstić information content (AvgIpc) is 3.01. The zero-order valence-electron chi connectivity index (χ0n) is 16.9. The van der Waals surface area contributed by atoms with E-state index in [4.69, 9.17) is 28.8 Å². The maximum Gasteiger partial charge on any atom is 0.263 e. The van der Waals surface area contributed by atoms with Gasteiger partial charge in [-0.05, 0) is 12.1 Å². The van der Waals surface area contributed by atoms with Crippen LogP contribution in [0.5, 0.6) is 0 Å². The normalized spacial score (nSPS) is 14.4. The van der Waals surface area contributed by atoms with Crippen LogP contribution in [0, 0.1) is 0 Å². The maximum absolute atomic E-state index is 12.2. The van der Waals surface area contributed by atoms with Gasteiger partial charge in [0.15, 0.2) is 6.23 Å². The summed E-state index contributed by atoms with van der Waals surface area (Å²) in [6, 6.07) is 6.44. The van der Waals surface area contributed by atoms with Gasteiger partial charge in [-0.15, -0.1) is 0 Å². The third-order valence-corrected chi connectivity index (χ3v) is 4.11. The number of carbonyl (C=O) groups excluding carboxylic acids is 2. The standard InChI is InChI=1S/C20H29NO9/c22-5-6-26-7-8-27-9-10-28-11-12-29-13-14-30-15-18(23)21-19(24)16-3-1-2-4-17(16)20(21)25/h1-4,18,22-23H,5-15H2. The molecule has 1 atom stereocenters. The van der Waals surface area contributed by atoms with Crippen molar-refractivity contribution >= 4 is 11.8 Å². The Hall–Kier alpha value is -1.92. The summed E-state index contributed by atoms with van der Waals surface area (Å²) < 4.78 is 26.3. The molecule has 1 aromatic rings. The van der Waals surface area contributed by atoms with Crippen LogP contribution in [0.2, 0.25) is 0 Å². The predicted octanol–water partition coefficient (Wildman–Crippen LogP) is -0.324. The highest BCUT2D eigenvalue weighted by Crippen LogP contribution is 2.23. The quantitative estimate of drug-likeness (QED) is 0.254. The highest BCUT2D eigenvalue weighted by Gasteiger charge is 2.39. The molecule has 1 aromatic carbocycles. The molecule has 1 unspecified atom stereocenters. The first kappa shape index (κ1) is 24.4. The molecule has 0 bridgehead atoms. The van der Waals surface area contributed by atoms with Crippen LogP contribution >= 0.6 is 0 Å². The second-order valence-electron chi connectivity index (χ2n) is 6.25. The summed E-state index contributed by atoms with van der Waals surface area (Å²) in [5.74, 6) is -1.05. The van der Waals surface area contributed by atoms with E-state index in [0.717, 1.165) is 4.90 Å². The monoisotopic (exact) mass is 427 g/mol. The second kappa shape index (κ2) is 14.1. The minimum Gasteiger partial charge on any atom is -0.394 e. The lowest BCUT2D eigenvalue weighted by molar-refractivity contribution is -0.0494. The van der Waals surface area contributed by atoms with Crippen LogP contribution in [0.4, 0.5) is 0 Å². The fraction of sp³-hybridized carbons (Fsp3) is 0.600. The molecule has 0 saturated heterocycles. The highest BCUT2D eigenvalue weighted by atomic mass is 16.6. The van der Waals surface area contributed by atoms with Gasteiger partial charge in [-0.25, -0.2) is 4.90 Å². The Morgan fingerprint density at radius 2 is 1.10 bits per heavy atom. The van der Waals surface area contributed by atoms with Gasteiger partial charge in [-0.2, -0.15) is 0 Å². The van der Waals surface area contributed by atoms with Crippen molar-refractivity contribution in [3.8, 4) is 0 Å². The van der Waals surface area contributed by atoms with Crippen molar-refractivity contribution in [1.29, 1.82) is 0 Å². The molecular formula is C20H29NO9. The number of nitrogens with zero attached hydrogens (tertiary/aromatic N) is 1. The molecule has 1 aliphatic heterocycles. The molecule has 0 spiro atoms. The van der Waals surface area contributed by atoms with E-state index in [0.29, 0.717) is 46.2 Å². The van der Waals surface area contributed by atoms with Gasteiger partial charge in [0.05, 0.1) is 83.8 Å². The Balaban J connectivity index is 1.43. The van der Waals surface area contributed by atoms with Gasteiger partial charge in [-0.1, -0.05) is 12.1 Å². The van der Waals surface area contributed by atoms with Gasteiger partial charge >= 0.3 is 0 Å². The van der Waals surface area contributed by atoms with Crippen molar-refractivity contribution in [3.05, 3.63) is 35.4 Å². The van der Waals surface area contributed by atoms with Gasteiger partial charge in [0, 0.05) is 0 Å². The van der Waals surface area contributed by atoms with Crippen molar-refractivity contribution in [3.63, 3.8) is 0 Å². The number of aliphatic hydroxyl groups excluding tert-OH is 2. The van der Waals surface area contributed by atoms with Crippen molar-refractivity contribution in [2.75, 3.05) is 72.7 Å². The number of imide groups is 1. The van der Waals surface area contributed by atoms with E-state index in [1.807, 2.05) is 0 Å². The SMILES string of the molecule is O=C1c2ccccc2C(=O)N1C(O)COCCOCCOCCOCCOCCO. The molecule has 10 heteroatoms. The summed E-state index contributed by atoms with van der Waals surface area (Å²) in [4.78, 5) is 25.3. The molecule has 0 radical (unpaired) electrons. The van der Waals surface area contributed by atoms with E-state index in [9.17, 15) is 14.7 Å².